The number of nitrogens with zero attached hydrogens (tertiary/aromatic N) is 2. The van der Waals surface area contributed by atoms with E-state index in [1.807, 2.05) is 31.1 Å². The number of anilines is 3. The Balaban J connectivity index is 2.10. The largest absolute Gasteiger partial charge is 0.496 e. The van der Waals surface area contributed by atoms with Gasteiger partial charge in [-0.1, -0.05) is 24.3 Å². The number of hydrogen-bond acceptors (Lipinski definition) is 4. The highest BCUT2D eigenvalue weighted by Crippen LogP contribution is 2.38. The Labute approximate surface area is 149 Å². The molecule has 0 spiro atoms. The van der Waals surface area contributed by atoms with Crippen LogP contribution in [-0.4, -0.2) is 35.4 Å². The first-order chi connectivity index (χ1) is 12.1. The quantitative estimate of drug-likeness (QED) is 0.675. The molecule has 3 aromatic carbocycles. The summed E-state index contributed by atoms with van der Waals surface area (Å²) >= 11 is 0. The van der Waals surface area contributed by atoms with E-state index < -0.39 is 0 Å². The monoisotopic (exact) mass is 336 g/mol. The highest BCUT2D eigenvalue weighted by Gasteiger charge is 2.13. The van der Waals surface area contributed by atoms with Crippen LogP contribution in [-0.2, 0) is 0 Å². The zero-order valence-corrected chi connectivity index (χ0v) is 15.4. The third kappa shape index (κ3) is 3.07. The Morgan fingerprint density at radius 2 is 1.32 bits per heavy atom. The minimum atomic E-state index is 0.854. The van der Waals surface area contributed by atoms with Crippen molar-refractivity contribution in [3.05, 3.63) is 54.6 Å². The van der Waals surface area contributed by atoms with Crippen molar-refractivity contribution in [1.29, 1.82) is 0 Å². The molecule has 0 aliphatic carbocycles. The molecule has 4 nitrogen and oxygen atoms in total. The SMILES string of the molecule is COc1cc(N(C)c2ccc(OC)c3ccccc23)ccc1N(C)C. The fourth-order valence-corrected chi connectivity index (χ4v) is 3.11. The summed E-state index contributed by atoms with van der Waals surface area (Å²) in [6.45, 7) is 0. The summed E-state index contributed by atoms with van der Waals surface area (Å²) in [5.74, 6) is 1.74. The molecular formula is C21H24N2O2. The molecule has 0 atom stereocenters. The Morgan fingerprint density at radius 1 is 0.680 bits per heavy atom. The van der Waals surface area contributed by atoms with Crippen LogP contribution in [0.1, 0.15) is 0 Å². The lowest BCUT2D eigenvalue weighted by Crippen LogP contribution is -2.13. The lowest BCUT2D eigenvalue weighted by atomic mass is 10.1. The summed E-state index contributed by atoms with van der Waals surface area (Å²) in [7, 11) is 9.50. The molecule has 4 heteroatoms. The van der Waals surface area contributed by atoms with Crippen molar-refractivity contribution < 1.29 is 9.47 Å². The third-order valence-electron chi connectivity index (χ3n) is 4.47. The number of methoxy groups -OCH3 is 2. The Bertz CT molecular complexity index is 890. The van der Waals surface area contributed by atoms with Gasteiger partial charge in [-0.2, -0.15) is 0 Å². The maximum Gasteiger partial charge on any atom is 0.144 e. The molecule has 0 aliphatic rings. The zero-order valence-electron chi connectivity index (χ0n) is 15.4. The minimum absolute atomic E-state index is 0.854. The van der Waals surface area contributed by atoms with E-state index in [-0.39, 0.29) is 0 Å². The van der Waals surface area contributed by atoms with Crippen molar-refractivity contribution in [3.8, 4) is 11.5 Å². The van der Waals surface area contributed by atoms with Gasteiger partial charge in [0.25, 0.3) is 0 Å². The number of hydrogen-bond donors (Lipinski definition) is 0. The summed E-state index contributed by atoms with van der Waals surface area (Å²) in [6, 6.07) is 18.6. The number of benzene rings is 3. The van der Waals surface area contributed by atoms with E-state index in [4.69, 9.17) is 9.47 Å². The second-order valence-electron chi connectivity index (χ2n) is 6.14. The Hall–Kier alpha value is -2.88. The summed E-state index contributed by atoms with van der Waals surface area (Å²) in [4.78, 5) is 4.22. The van der Waals surface area contributed by atoms with Crippen LogP contribution in [0.2, 0.25) is 0 Å². The highest BCUT2D eigenvalue weighted by molar-refractivity contribution is 5.99. The van der Waals surface area contributed by atoms with E-state index in [1.54, 1.807) is 14.2 Å². The molecule has 0 N–H and O–H groups in total. The van der Waals surface area contributed by atoms with Crippen LogP contribution in [0.4, 0.5) is 17.1 Å². The van der Waals surface area contributed by atoms with Crippen LogP contribution >= 0.6 is 0 Å². The first kappa shape index (κ1) is 17.0. The van der Waals surface area contributed by atoms with Gasteiger partial charge in [0.2, 0.25) is 0 Å². The number of ether oxygens (including phenoxy) is 2. The molecule has 3 aromatic rings. The normalized spacial score (nSPS) is 10.6. The number of rotatable bonds is 5. The molecule has 0 aliphatic heterocycles. The second kappa shape index (κ2) is 6.93. The first-order valence-corrected chi connectivity index (χ1v) is 8.21. The van der Waals surface area contributed by atoms with Crippen molar-refractivity contribution in [2.24, 2.45) is 0 Å². The lowest BCUT2D eigenvalue weighted by Gasteiger charge is -2.24. The van der Waals surface area contributed by atoms with Crippen molar-refractivity contribution >= 4 is 27.8 Å². The molecule has 0 radical (unpaired) electrons. The van der Waals surface area contributed by atoms with Crippen LogP contribution in [0.5, 0.6) is 11.5 Å². The van der Waals surface area contributed by atoms with Crippen LogP contribution in [0.15, 0.2) is 54.6 Å². The maximum absolute atomic E-state index is 5.57. The fourth-order valence-electron chi connectivity index (χ4n) is 3.11. The molecule has 25 heavy (non-hydrogen) atoms. The fraction of sp³-hybridized carbons (Fsp3) is 0.238. The van der Waals surface area contributed by atoms with Crippen LogP contribution < -0.4 is 19.3 Å². The van der Waals surface area contributed by atoms with E-state index in [0.717, 1.165) is 39.3 Å². The molecule has 3 rings (SSSR count). The highest BCUT2D eigenvalue weighted by atomic mass is 16.5. The van der Waals surface area contributed by atoms with Gasteiger partial charge in [-0.25, -0.2) is 0 Å². The molecule has 0 saturated heterocycles. The molecule has 0 saturated carbocycles. The second-order valence-corrected chi connectivity index (χ2v) is 6.14. The van der Waals surface area contributed by atoms with Gasteiger partial charge in [0.15, 0.2) is 0 Å². The predicted octanol–water partition coefficient (Wildman–Crippen LogP) is 4.69. The summed E-state index contributed by atoms with van der Waals surface area (Å²) in [5.41, 5.74) is 3.24. The maximum atomic E-state index is 5.57. The van der Waals surface area contributed by atoms with Gasteiger partial charge in [-0.3, -0.25) is 0 Å². The molecule has 0 unspecified atom stereocenters. The van der Waals surface area contributed by atoms with Crippen molar-refractivity contribution in [1.82, 2.24) is 0 Å². The Kier molecular flexibility index (Phi) is 4.70. The van der Waals surface area contributed by atoms with E-state index in [9.17, 15) is 0 Å². The van der Waals surface area contributed by atoms with Gasteiger partial charge in [0.05, 0.1) is 19.9 Å². The summed E-state index contributed by atoms with van der Waals surface area (Å²) in [5, 5.41) is 2.26. The van der Waals surface area contributed by atoms with Gasteiger partial charge in [-0.15, -0.1) is 0 Å². The van der Waals surface area contributed by atoms with Crippen LogP contribution in [0, 0.1) is 0 Å². The average Bonchev–Trinajstić information content (AvgIpc) is 2.65. The van der Waals surface area contributed by atoms with Crippen molar-refractivity contribution in [3.63, 3.8) is 0 Å². The van der Waals surface area contributed by atoms with Crippen molar-refractivity contribution in [2.75, 3.05) is 45.2 Å². The standard InChI is InChI=1S/C21H24N2O2/c1-22(2)19-11-10-15(14-21(19)25-5)23(3)18-12-13-20(24-4)17-9-7-6-8-16(17)18/h6-14H,1-5H3. The van der Waals surface area contributed by atoms with E-state index in [2.05, 4.69) is 54.4 Å². The third-order valence-corrected chi connectivity index (χ3v) is 4.47. The van der Waals surface area contributed by atoms with Crippen LogP contribution in [0.3, 0.4) is 0 Å². The Morgan fingerprint density at radius 3 is 1.96 bits per heavy atom. The molecule has 0 amide bonds. The number of fused-ring (bicyclic) bond motifs is 1. The predicted molar refractivity (Wildman–Crippen MR) is 106 cm³/mol. The summed E-state index contributed by atoms with van der Waals surface area (Å²) in [6.07, 6.45) is 0. The van der Waals surface area contributed by atoms with Gasteiger partial charge >= 0.3 is 0 Å². The molecule has 0 aromatic heterocycles. The average molecular weight is 336 g/mol. The van der Waals surface area contributed by atoms with Crippen LogP contribution in [0.25, 0.3) is 10.8 Å². The smallest absolute Gasteiger partial charge is 0.144 e. The summed E-state index contributed by atoms with van der Waals surface area (Å²) < 4.78 is 11.1. The van der Waals surface area contributed by atoms with E-state index in [1.165, 1.54) is 0 Å². The van der Waals surface area contributed by atoms with Gasteiger partial charge in [0, 0.05) is 49.4 Å². The minimum Gasteiger partial charge on any atom is -0.496 e. The van der Waals surface area contributed by atoms with E-state index >= 15 is 0 Å². The zero-order chi connectivity index (χ0) is 18.0. The first-order valence-electron chi connectivity index (χ1n) is 8.21. The lowest BCUT2D eigenvalue weighted by molar-refractivity contribution is 0.415. The van der Waals surface area contributed by atoms with Gasteiger partial charge in [-0.05, 0) is 24.3 Å². The van der Waals surface area contributed by atoms with Gasteiger partial charge in [0.1, 0.15) is 11.5 Å². The molecular weight excluding hydrogens is 312 g/mol. The molecule has 0 fully saturated rings. The molecule has 0 bridgehead atoms. The van der Waals surface area contributed by atoms with E-state index in [0.29, 0.717) is 0 Å². The van der Waals surface area contributed by atoms with Gasteiger partial charge < -0.3 is 19.3 Å². The van der Waals surface area contributed by atoms with Crippen molar-refractivity contribution in [2.45, 2.75) is 0 Å². The topological polar surface area (TPSA) is 24.9 Å². The molecule has 0 heterocycles. The molecule has 130 valence electrons.